The van der Waals surface area contributed by atoms with E-state index >= 15 is 0 Å². The van der Waals surface area contributed by atoms with Crippen molar-refractivity contribution in [1.29, 1.82) is 0 Å². The second kappa shape index (κ2) is 6.47. The lowest BCUT2D eigenvalue weighted by molar-refractivity contribution is 0.321. The first-order chi connectivity index (χ1) is 8.79. The van der Waals surface area contributed by atoms with Crippen molar-refractivity contribution >= 4 is 11.3 Å². The number of rotatable bonds is 6. The first-order valence-corrected chi connectivity index (χ1v) is 6.78. The number of aromatic nitrogens is 2. The second-order valence-corrected chi connectivity index (χ2v) is 5.05. The number of ether oxygens (including phenoxy) is 1. The zero-order chi connectivity index (χ0) is 12.8. The second-order valence-electron chi connectivity index (χ2n) is 3.96. The largest absolute Gasteiger partial charge is 0.493 e. The summed E-state index contributed by atoms with van der Waals surface area (Å²) in [7, 11) is 1.92. The first kappa shape index (κ1) is 13.0. The van der Waals surface area contributed by atoms with Crippen LogP contribution in [0.25, 0.3) is 0 Å². The van der Waals surface area contributed by atoms with E-state index in [-0.39, 0.29) is 6.04 Å². The van der Waals surface area contributed by atoms with E-state index in [4.69, 9.17) is 4.74 Å². The Hall–Kier alpha value is -1.46. The average Bonchev–Trinajstić information content (AvgIpc) is 2.88. The molecular weight excluding hydrogens is 246 g/mol. The molecule has 0 aliphatic rings. The van der Waals surface area contributed by atoms with E-state index in [9.17, 15) is 0 Å². The van der Waals surface area contributed by atoms with Crippen LogP contribution in [0.4, 0.5) is 0 Å². The van der Waals surface area contributed by atoms with Crippen LogP contribution in [0.5, 0.6) is 5.75 Å². The van der Waals surface area contributed by atoms with Crippen LogP contribution < -0.4 is 10.1 Å². The Morgan fingerprint density at radius 2 is 2.06 bits per heavy atom. The third-order valence-electron chi connectivity index (χ3n) is 2.61. The smallest absolute Gasteiger partial charge is 0.134 e. The molecule has 2 aromatic rings. The highest BCUT2D eigenvalue weighted by Crippen LogP contribution is 2.18. The Morgan fingerprint density at radius 3 is 2.78 bits per heavy atom. The van der Waals surface area contributed by atoms with Crippen molar-refractivity contribution < 1.29 is 4.74 Å². The molecule has 1 aromatic heterocycles. The monoisotopic (exact) mass is 263 g/mol. The molecular formula is C13H17N3OS. The third kappa shape index (κ3) is 3.51. The van der Waals surface area contributed by atoms with Crippen molar-refractivity contribution in [1.82, 2.24) is 15.5 Å². The Labute approximate surface area is 111 Å². The molecule has 0 bridgehead atoms. The van der Waals surface area contributed by atoms with Crippen molar-refractivity contribution in [3.05, 3.63) is 40.3 Å². The van der Waals surface area contributed by atoms with Crippen molar-refractivity contribution in [2.45, 2.75) is 19.4 Å². The van der Waals surface area contributed by atoms with Gasteiger partial charge in [-0.3, -0.25) is 0 Å². The van der Waals surface area contributed by atoms with Crippen LogP contribution in [-0.4, -0.2) is 23.9 Å². The maximum atomic E-state index is 5.63. The van der Waals surface area contributed by atoms with Crippen LogP contribution in [0.15, 0.2) is 30.3 Å². The molecule has 0 spiro atoms. The molecule has 18 heavy (non-hydrogen) atoms. The van der Waals surface area contributed by atoms with E-state index in [1.54, 1.807) is 11.3 Å². The van der Waals surface area contributed by atoms with Crippen LogP contribution in [-0.2, 0) is 6.42 Å². The summed E-state index contributed by atoms with van der Waals surface area (Å²) in [5, 5.41) is 13.5. The molecule has 1 N–H and O–H groups in total. The van der Waals surface area contributed by atoms with Gasteiger partial charge in [-0.15, -0.1) is 10.2 Å². The van der Waals surface area contributed by atoms with Crippen LogP contribution in [0.1, 0.15) is 23.0 Å². The highest BCUT2D eigenvalue weighted by Gasteiger charge is 2.09. The summed E-state index contributed by atoms with van der Waals surface area (Å²) < 4.78 is 5.63. The van der Waals surface area contributed by atoms with Gasteiger partial charge in [0.25, 0.3) is 0 Å². The van der Waals surface area contributed by atoms with E-state index in [0.29, 0.717) is 6.61 Å². The number of hydrogen-bond donors (Lipinski definition) is 1. The van der Waals surface area contributed by atoms with E-state index in [0.717, 1.165) is 22.2 Å². The highest BCUT2D eigenvalue weighted by molar-refractivity contribution is 7.11. The minimum Gasteiger partial charge on any atom is -0.493 e. The molecule has 0 fully saturated rings. The topological polar surface area (TPSA) is 47.0 Å². The minimum absolute atomic E-state index is 0.256. The quantitative estimate of drug-likeness (QED) is 0.869. The predicted octanol–water partition coefficient (Wildman–Crippen LogP) is 2.44. The van der Waals surface area contributed by atoms with Crippen molar-refractivity contribution in [2.75, 3.05) is 13.7 Å². The molecule has 1 unspecified atom stereocenters. The van der Waals surface area contributed by atoms with E-state index in [1.807, 2.05) is 37.4 Å². The summed E-state index contributed by atoms with van der Waals surface area (Å²) in [6.07, 6.45) is 0.795. The van der Waals surface area contributed by atoms with Gasteiger partial charge in [0.2, 0.25) is 0 Å². The molecule has 0 saturated heterocycles. The fourth-order valence-electron chi connectivity index (χ4n) is 1.44. The summed E-state index contributed by atoms with van der Waals surface area (Å²) in [5.41, 5.74) is 0. The molecule has 0 aliphatic heterocycles. The maximum Gasteiger partial charge on any atom is 0.134 e. The summed E-state index contributed by atoms with van der Waals surface area (Å²) in [4.78, 5) is 0. The average molecular weight is 263 g/mol. The first-order valence-electron chi connectivity index (χ1n) is 5.97. The predicted molar refractivity (Wildman–Crippen MR) is 73.0 cm³/mol. The minimum atomic E-state index is 0.256. The number of nitrogens with one attached hydrogen (secondary N) is 1. The Kier molecular flexibility index (Phi) is 4.66. The lowest BCUT2D eigenvalue weighted by Crippen LogP contribution is -2.11. The lowest BCUT2D eigenvalue weighted by Gasteiger charge is -2.04. The Bertz CT molecular complexity index is 472. The molecule has 96 valence electrons. The maximum absolute atomic E-state index is 5.63. The lowest BCUT2D eigenvalue weighted by atomic mass is 10.3. The summed E-state index contributed by atoms with van der Waals surface area (Å²) in [5.74, 6) is 0.894. The summed E-state index contributed by atoms with van der Waals surface area (Å²) in [6.45, 7) is 2.71. The zero-order valence-corrected chi connectivity index (χ0v) is 11.4. The van der Waals surface area contributed by atoms with E-state index in [1.165, 1.54) is 0 Å². The van der Waals surface area contributed by atoms with Gasteiger partial charge in [0, 0.05) is 6.42 Å². The molecule has 4 nitrogen and oxygen atoms in total. The van der Waals surface area contributed by atoms with Crippen molar-refractivity contribution in [3.63, 3.8) is 0 Å². The molecule has 0 amide bonds. The normalized spacial score (nSPS) is 12.3. The number of nitrogens with zero attached hydrogens (tertiary/aromatic N) is 2. The van der Waals surface area contributed by atoms with Gasteiger partial charge in [-0.05, 0) is 26.1 Å². The van der Waals surface area contributed by atoms with Gasteiger partial charge in [0.1, 0.15) is 15.8 Å². The molecule has 5 heteroatoms. The van der Waals surface area contributed by atoms with E-state index < -0.39 is 0 Å². The number of benzene rings is 1. The van der Waals surface area contributed by atoms with Crippen molar-refractivity contribution in [2.24, 2.45) is 0 Å². The molecule has 1 aromatic carbocycles. The van der Waals surface area contributed by atoms with Gasteiger partial charge in [-0.1, -0.05) is 29.5 Å². The van der Waals surface area contributed by atoms with Gasteiger partial charge in [0.05, 0.1) is 12.6 Å². The molecule has 0 radical (unpaired) electrons. The third-order valence-corrected chi connectivity index (χ3v) is 3.78. The van der Waals surface area contributed by atoms with E-state index in [2.05, 4.69) is 22.4 Å². The van der Waals surface area contributed by atoms with Crippen LogP contribution in [0.3, 0.4) is 0 Å². The molecule has 2 rings (SSSR count). The Balaban J connectivity index is 1.82. The van der Waals surface area contributed by atoms with Gasteiger partial charge >= 0.3 is 0 Å². The van der Waals surface area contributed by atoms with Crippen LogP contribution >= 0.6 is 11.3 Å². The zero-order valence-electron chi connectivity index (χ0n) is 10.6. The summed E-state index contributed by atoms with van der Waals surface area (Å²) >= 11 is 1.64. The fraction of sp³-hybridized carbons (Fsp3) is 0.385. The standard InChI is InChI=1S/C13H17N3OS/c1-10(14-2)13-16-15-12(18-13)8-9-17-11-6-4-3-5-7-11/h3-7,10,14H,8-9H2,1-2H3. The van der Waals surface area contributed by atoms with Gasteiger partial charge in [-0.25, -0.2) is 0 Å². The van der Waals surface area contributed by atoms with Crippen molar-refractivity contribution in [3.8, 4) is 5.75 Å². The molecule has 0 aliphatic carbocycles. The molecule has 1 atom stereocenters. The molecule has 1 heterocycles. The van der Waals surface area contributed by atoms with Gasteiger partial charge in [-0.2, -0.15) is 0 Å². The van der Waals surface area contributed by atoms with Gasteiger partial charge in [0.15, 0.2) is 0 Å². The Morgan fingerprint density at radius 1 is 1.28 bits per heavy atom. The van der Waals surface area contributed by atoms with Crippen LogP contribution in [0, 0.1) is 0 Å². The van der Waals surface area contributed by atoms with Crippen LogP contribution in [0.2, 0.25) is 0 Å². The SMILES string of the molecule is CNC(C)c1nnc(CCOc2ccccc2)s1. The fourth-order valence-corrected chi connectivity index (χ4v) is 2.32. The number of para-hydroxylation sites is 1. The highest BCUT2D eigenvalue weighted by atomic mass is 32.1. The van der Waals surface area contributed by atoms with Gasteiger partial charge < -0.3 is 10.1 Å². The summed E-state index contributed by atoms with van der Waals surface area (Å²) in [6, 6.07) is 10.1. The number of hydrogen-bond acceptors (Lipinski definition) is 5. The molecule has 0 saturated carbocycles.